The van der Waals surface area contributed by atoms with Gasteiger partial charge in [-0.05, 0) is 74.3 Å². The van der Waals surface area contributed by atoms with Crippen LogP contribution in [0.15, 0.2) is 63.7 Å². The van der Waals surface area contributed by atoms with Gasteiger partial charge >= 0.3 is 12.2 Å². The van der Waals surface area contributed by atoms with Crippen molar-refractivity contribution in [3.05, 3.63) is 48.5 Å². The zero-order chi connectivity index (χ0) is 34.2. The van der Waals surface area contributed by atoms with E-state index >= 15 is 0 Å². The van der Waals surface area contributed by atoms with Crippen molar-refractivity contribution in [3.63, 3.8) is 0 Å². The summed E-state index contributed by atoms with van der Waals surface area (Å²) in [5.74, 6) is -0.108. The van der Waals surface area contributed by atoms with E-state index in [2.05, 4.69) is 33.1 Å². The molecule has 13 nitrogen and oxygen atoms in total. The van der Waals surface area contributed by atoms with Crippen LogP contribution in [0.2, 0.25) is 0 Å². The maximum Gasteiger partial charge on any atom is 0.407 e. The van der Waals surface area contributed by atoms with Gasteiger partial charge in [0.2, 0.25) is 0 Å². The third-order valence-electron chi connectivity index (χ3n) is 6.89. The van der Waals surface area contributed by atoms with Gasteiger partial charge in [0.05, 0.1) is 48.5 Å². The summed E-state index contributed by atoms with van der Waals surface area (Å²) < 4.78 is 41.3. The minimum Gasteiger partial charge on any atom is -0.448 e. The van der Waals surface area contributed by atoms with Crippen LogP contribution in [-0.2, 0) is 24.0 Å². The number of hydrogen-bond donors (Lipinski definition) is 3. The van der Waals surface area contributed by atoms with Gasteiger partial charge in [-0.2, -0.15) is 10.2 Å². The predicted molar refractivity (Wildman–Crippen MR) is 184 cm³/mol. The second-order valence-electron chi connectivity index (χ2n) is 10.8. The summed E-state index contributed by atoms with van der Waals surface area (Å²) in [6.45, 7) is 9.67. The van der Waals surface area contributed by atoms with Crippen molar-refractivity contribution in [1.29, 1.82) is 0 Å². The number of amides is 2. The first-order valence-electron chi connectivity index (χ1n) is 16.5. The number of alkyl carbamates (subject to hydrolysis) is 2. The van der Waals surface area contributed by atoms with E-state index in [9.17, 15) is 18.0 Å². The smallest absolute Gasteiger partial charge is 0.407 e. The molecule has 2 aromatic carbocycles. The maximum absolute atomic E-state index is 12.6. The number of unbranched alkanes of at least 4 members (excludes halogenated alkanes) is 3. The Balaban J connectivity index is 1.94. The molecular weight excluding hydrogens is 624 g/mol. The molecule has 0 spiro atoms. The zero-order valence-electron chi connectivity index (χ0n) is 28.0. The van der Waals surface area contributed by atoms with E-state index < -0.39 is 22.0 Å². The summed E-state index contributed by atoms with van der Waals surface area (Å²) in [6.07, 6.45) is 4.90. The number of benzene rings is 2. The Kier molecular flexibility index (Phi) is 19.8. The van der Waals surface area contributed by atoms with Gasteiger partial charge in [-0.1, -0.05) is 40.0 Å². The first-order chi connectivity index (χ1) is 22.8. The van der Waals surface area contributed by atoms with Gasteiger partial charge in [0.1, 0.15) is 13.2 Å². The number of azo groups is 1. The fourth-order valence-electron chi connectivity index (χ4n) is 4.07. The SMILES string of the molecule is CCCCNCOCCS(=O)(=O)c1ccc(N=Nc2ccc(N(CCOC(=O)NCCCC)CCOC(=O)NCCCC)cc2)cc1. The van der Waals surface area contributed by atoms with Gasteiger partial charge in [0.25, 0.3) is 0 Å². The van der Waals surface area contributed by atoms with Gasteiger partial charge in [-0.3, -0.25) is 5.32 Å². The Morgan fingerprint density at radius 3 is 1.70 bits per heavy atom. The fraction of sp³-hybridized carbons (Fsp3) is 0.576. The van der Waals surface area contributed by atoms with Crippen LogP contribution in [0.1, 0.15) is 59.3 Å². The normalized spacial score (nSPS) is 11.4. The minimum atomic E-state index is -3.48. The maximum atomic E-state index is 12.6. The second-order valence-corrected chi connectivity index (χ2v) is 12.9. The molecule has 47 heavy (non-hydrogen) atoms. The molecule has 0 radical (unpaired) electrons. The number of anilines is 1. The molecule has 0 fully saturated rings. The fourth-order valence-corrected chi connectivity index (χ4v) is 5.20. The number of carbonyl (C=O) groups excluding carboxylic acids is 2. The van der Waals surface area contributed by atoms with Crippen LogP contribution >= 0.6 is 0 Å². The van der Waals surface area contributed by atoms with E-state index in [0.29, 0.717) is 44.3 Å². The molecular formula is C33H52N6O7S. The lowest BCUT2D eigenvalue weighted by Gasteiger charge is -2.24. The Morgan fingerprint density at radius 2 is 1.19 bits per heavy atom. The van der Waals surface area contributed by atoms with Crippen molar-refractivity contribution < 1.29 is 32.2 Å². The van der Waals surface area contributed by atoms with Crippen molar-refractivity contribution in [2.24, 2.45) is 10.2 Å². The predicted octanol–water partition coefficient (Wildman–Crippen LogP) is 6.10. The van der Waals surface area contributed by atoms with Gasteiger partial charge in [0.15, 0.2) is 9.84 Å². The lowest BCUT2D eigenvalue weighted by atomic mass is 10.2. The third kappa shape index (κ3) is 17.1. The Morgan fingerprint density at radius 1 is 0.702 bits per heavy atom. The molecule has 0 unspecified atom stereocenters. The lowest BCUT2D eigenvalue weighted by Crippen LogP contribution is -2.35. The zero-order valence-corrected chi connectivity index (χ0v) is 28.9. The molecule has 3 N–H and O–H groups in total. The molecule has 0 aliphatic carbocycles. The molecule has 2 amide bonds. The average Bonchev–Trinajstić information content (AvgIpc) is 3.07. The Hall–Kier alpha value is -3.75. The molecule has 0 saturated carbocycles. The highest BCUT2D eigenvalue weighted by Gasteiger charge is 2.14. The summed E-state index contributed by atoms with van der Waals surface area (Å²) in [7, 11) is -3.48. The molecule has 0 aromatic heterocycles. The van der Waals surface area contributed by atoms with E-state index in [1.54, 1.807) is 24.3 Å². The summed E-state index contributed by atoms with van der Waals surface area (Å²) in [4.78, 5) is 26.1. The standard InChI is InChI=1S/C33H52N6O7S/c1-4-7-18-34-27-44-25-26-47(42,43)31-16-12-29(13-17-31)38-37-28-10-14-30(15-11-28)39(21-23-45-32(40)35-19-8-5-2)22-24-46-33(41)36-20-9-6-3/h10-17,34H,4-9,18-27H2,1-3H3,(H,35,40)(H,36,41). The molecule has 2 aromatic rings. The average molecular weight is 677 g/mol. The highest BCUT2D eigenvalue weighted by molar-refractivity contribution is 7.91. The topological polar surface area (TPSA) is 160 Å². The number of ether oxygens (including phenoxy) is 3. The first-order valence-corrected chi connectivity index (χ1v) is 18.1. The van der Waals surface area contributed by atoms with Crippen LogP contribution in [0.5, 0.6) is 0 Å². The molecule has 262 valence electrons. The van der Waals surface area contributed by atoms with E-state index in [1.807, 2.05) is 30.9 Å². The summed E-state index contributed by atoms with van der Waals surface area (Å²) in [6, 6.07) is 13.5. The van der Waals surface area contributed by atoms with Crippen molar-refractivity contribution in [2.45, 2.75) is 64.2 Å². The van der Waals surface area contributed by atoms with E-state index in [-0.39, 0.29) is 30.5 Å². The monoisotopic (exact) mass is 676 g/mol. The highest BCUT2D eigenvalue weighted by Crippen LogP contribution is 2.23. The number of carbonyl (C=O) groups is 2. The van der Waals surface area contributed by atoms with Gasteiger partial charge in [-0.15, -0.1) is 0 Å². The van der Waals surface area contributed by atoms with Crippen LogP contribution in [0.4, 0.5) is 26.7 Å². The van der Waals surface area contributed by atoms with Crippen LogP contribution in [0, 0.1) is 0 Å². The molecule has 0 bridgehead atoms. The number of nitrogens with zero attached hydrogens (tertiary/aromatic N) is 3. The molecule has 14 heteroatoms. The number of sulfone groups is 1. The lowest BCUT2D eigenvalue weighted by molar-refractivity contribution is 0.130. The Bertz CT molecular complexity index is 1260. The quantitative estimate of drug-likeness (QED) is 0.0678. The van der Waals surface area contributed by atoms with Crippen LogP contribution in [-0.4, -0.2) is 85.6 Å². The van der Waals surface area contributed by atoms with E-state index in [1.165, 1.54) is 12.1 Å². The molecule has 0 aliphatic rings. The van der Waals surface area contributed by atoms with Crippen LogP contribution in [0.3, 0.4) is 0 Å². The molecule has 2 rings (SSSR count). The summed E-state index contributed by atoms with van der Waals surface area (Å²) in [5.41, 5.74) is 1.92. The Labute approximate surface area is 279 Å². The molecule has 0 heterocycles. The highest BCUT2D eigenvalue weighted by atomic mass is 32.2. The number of hydrogen-bond acceptors (Lipinski definition) is 11. The molecule has 0 aliphatic heterocycles. The minimum absolute atomic E-state index is 0.108. The van der Waals surface area contributed by atoms with Crippen LogP contribution < -0.4 is 20.9 Å². The van der Waals surface area contributed by atoms with Crippen molar-refractivity contribution >= 4 is 39.1 Å². The van der Waals surface area contributed by atoms with Crippen molar-refractivity contribution in [1.82, 2.24) is 16.0 Å². The summed E-state index contributed by atoms with van der Waals surface area (Å²) >= 11 is 0. The van der Waals surface area contributed by atoms with Gasteiger partial charge in [-0.25, -0.2) is 18.0 Å². The molecule has 0 atom stereocenters. The van der Waals surface area contributed by atoms with Crippen LogP contribution in [0.25, 0.3) is 0 Å². The summed E-state index contributed by atoms with van der Waals surface area (Å²) in [5, 5.41) is 17.1. The number of rotatable bonds is 24. The van der Waals surface area contributed by atoms with E-state index in [0.717, 1.165) is 50.8 Å². The van der Waals surface area contributed by atoms with Gasteiger partial charge < -0.3 is 29.7 Å². The van der Waals surface area contributed by atoms with Gasteiger partial charge in [0, 0.05) is 18.8 Å². The van der Waals surface area contributed by atoms with E-state index in [4.69, 9.17) is 14.2 Å². The largest absolute Gasteiger partial charge is 0.448 e. The number of nitrogens with one attached hydrogen (secondary N) is 3. The molecule has 0 saturated heterocycles. The van der Waals surface area contributed by atoms with Crippen molar-refractivity contribution in [3.8, 4) is 0 Å². The first kappa shape index (κ1) is 39.4. The second kappa shape index (κ2) is 23.6. The van der Waals surface area contributed by atoms with Crippen molar-refractivity contribution in [2.75, 3.05) is 69.9 Å². The third-order valence-corrected chi connectivity index (χ3v) is 8.58.